The number of benzene rings is 1. The molecule has 1 aromatic carbocycles. The number of alkyl halides is 2. The number of likely N-dealkylation sites (tertiary alicyclic amines) is 1. The number of anilines is 1. The van der Waals surface area contributed by atoms with Gasteiger partial charge in [-0.15, -0.1) is 0 Å². The van der Waals surface area contributed by atoms with Crippen LogP contribution in [0.2, 0.25) is 5.02 Å². The molecule has 2 aromatic heterocycles. The van der Waals surface area contributed by atoms with Crippen molar-refractivity contribution in [2.45, 2.75) is 37.8 Å². The normalized spacial score (nSPS) is 19.0. The van der Waals surface area contributed by atoms with E-state index in [1.165, 1.54) is 36.9 Å². The molecular weight excluding hydrogens is 471 g/mol. The first-order chi connectivity index (χ1) is 16.1. The molecule has 7 nitrogen and oxygen atoms in total. The molecule has 1 aliphatic rings. The van der Waals surface area contributed by atoms with Crippen molar-refractivity contribution in [2.75, 3.05) is 18.4 Å². The van der Waals surface area contributed by atoms with E-state index in [1.54, 1.807) is 34.7 Å². The first-order valence-corrected chi connectivity index (χ1v) is 11.1. The molecule has 0 bridgehead atoms. The average Bonchev–Trinajstić information content (AvgIpc) is 3.22. The summed E-state index contributed by atoms with van der Waals surface area (Å²) in [6, 6.07) is 6.47. The van der Waals surface area contributed by atoms with E-state index in [4.69, 9.17) is 11.6 Å². The number of nitrogens with zero attached hydrogens (tertiary/aromatic N) is 4. The van der Waals surface area contributed by atoms with Gasteiger partial charge in [-0.25, -0.2) is 18.2 Å². The Bertz CT molecular complexity index is 1170. The van der Waals surface area contributed by atoms with Crippen LogP contribution in [0.5, 0.6) is 0 Å². The van der Waals surface area contributed by atoms with Crippen LogP contribution >= 0.6 is 11.6 Å². The molecule has 11 heteroatoms. The lowest BCUT2D eigenvalue weighted by Gasteiger charge is -2.40. The van der Waals surface area contributed by atoms with Gasteiger partial charge in [0.1, 0.15) is 5.82 Å². The van der Waals surface area contributed by atoms with Crippen molar-refractivity contribution in [3.63, 3.8) is 0 Å². The van der Waals surface area contributed by atoms with Crippen molar-refractivity contribution in [1.82, 2.24) is 14.5 Å². The summed E-state index contributed by atoms with van der Waals surface area (Å²) in [5.74, 6) is -4.64. The maximum Gasteiger partial charge on any atom is 0.257 e. The third-order valence-electron chi connectivity index (χ3n) is 6.07. The second kappa shape index (κ2) is 9.63. The summed E-state index contributed by atoms with van der Waals surface area (Å²) in [5, 5.41) is 14.3. The molecule has 3 aromatic rings. The summed E-state index contributed by atoms with van der Waals surface area (Å²) >= 11 is 5.77. The van der Waals surface area contributed by atoms with Crippen LogP contribution in [-0.2, 0) is 11.3 Å². The highest BCUT2D eigenvalue weighted by Gasteiger charge is 2.46. The number of rotatable bonds is 6. The predicted molar refractivity (Wildman–Crippen MR) is 120 cm³/mol. The van der Waals surface area contributed by atoms with Gasteiger partial charge >= 0.3 is 0 Å². The number of aromatic nitrogens is 3. The van der Waals surface area contributed by atoms with Crippen molar-refractivity contribution >= 4 is 23.3 Å². The Morgan fingerprint density at radius 3 is 2.79 bits per heavy atom. The molecule has 3 heterocycles. The van der Waals surface area contributed by atoms with Crippen LogP contribution in [0.15, 0.2) is 55.2 Å². The van der Waals surface area contributed by atoms with Gasteiger partial charge in [-0.3, -0.25) is 9.69 Å². The molecule has 1 aliphatic heterocycles. The van der Waals surface area contributed by atoms with Gasteiger partial charge in [-0.2, -0.15) is 4.73 Å². The van der Waals surface area contributed by atoms with E-state index in [2.05, 4.69) is 10.3 Å². The molecule has 1 amide bonds. The number of halogens is 4. The summed E-state index contributed by atoms with van der Waals surface area (Å²) in [7, 11) is 0. The smallest absolute Gasteiger partial charge is 0.257 e. The van der Waals surface area contributed by atoms with E-state index in [-0.39, 0.29) is 25.5 Å². The number of hydrogen-bond acceptors (Lipinski definition) is 4. The summed E-state index contributed by atoms with van der Waals surface area (Å²) in [4.78, 5) is 18.6. The van der Waals surface area contributed by atoms with Crippen LogP contribution in [0.4, 0.5) is 19.0 Å². The zero-order valence-corrected chi connectivity index (χ0v) is 19.1. The zero-order valence-electron chi connectivity index (χ0n) is 18.3. The van der Waals surface area contributed by atoms with Crippen molar-refractivity contribution in [1.29, 1.82) is 0 Å². The summed E-state index contributed by atoms with van der Waals surface area (Å²) in [5.41, 5.74) is 0.763. The van der Waals surface area contributed by atoms with Crippen molar-refractivity contribution in [3.05, 3.63) is 82.4 Å². The number of hydrogen-bond donors (Lipinski definition) is 1. The van der Waals surface area contributed by atoms with Gasteiger partial charge in [0.2, 0.25) is 5.91 Å². The van der Waals surface area contributed by atoms with Gasteiger partial charge in [-0.05, 0) is 24.6 Å². The molecule has 1 fully saturated rings. The summed E-state index contributed by atoms with van der Waals surface area (Å²) < 4.78 is 45.4. The van der Waals surface area contributed by atoms with Crippen molar-refractivity contribution in [2.24, 2.45) is 0 Å². The Hall–Kier alpha value is -3.11. The fourth-order valence-corrected chi connectivity index (χ4v) is 4.20. The average molecular weight is 494 g/mol. The largest absolute Gasteiger partial charge is 0.619 e. The van der Waals surface area contributed by atoms with E-state index in [0.717, 1.165) is 0 Å². The molecule has 0 spiro atoms. The second-order valence-electron chi connectivity index (χ2n) is 8.38. The number of carbonyl (C=O) groups is 1. The molecule has 0 saturated carbocycles. The number of piperidine rings is 1. The minimum atomic E-state index is -2.95. The van der Waals surface area contributed by atoms with Gasteiger partial charge < -0.3 is 15.1 Å². The van der Waals surface area contributed by atoms with E-state index in [0.29, 0.717) is 20.9 Å². The fourth-order valence-electron chi connectivity index (χ4n) is 4.04. The fraction of sp³-hybridized carbons (Fsp3) is 0.348. The molecular formula is C23H23ClF3N5O2. The van der Waals surface area contributed by atoms with Crippen LogP contribution in [0.1, 0.15) is 30.4 Å². The van der Waals surface area contributed by atoms with Crippen LogP contribution in [-0.4, -0.2) is 45.4 Å². The Morgan fingerprint density at radius 2 is 2.09 bits per heavy atom. The van der Waals surface area contributed by atoms with Gasteiger partial charge in [0, 0.05) is 48.4 Å². The topological polar surface area (TPSA) is 77.1 Å². The quantitative estimate of drug-likeness (QED) is 0.418. The maximum atomic E-state index is 14.6. The Morgan fingerprint density at radius 1 is 1.35 bits per heavy atom. The lowest BCUT2D eigenvalue weighted by Crippen LogP contribution is -2.52. The number of carbonyl (C=O) groups excluding carboxylic acids is 1. The first-order valence-electron chi connectivity index (χ1n) is 10.7. The highest BCUT2D eigenvalue weighted by molar-refractivity contribution is 6.30. The molecule has 0 aliphatic carbocycles. The Kier molecular flexibility index (Phi) is 6.81. The molecule has 34 heavy (non-hydrogen) atoms. The monoisotopic (exact) mass is 493 g/mol. The third-order valence-corrected chi connectivity index (χ3v) is 6.30. The van der Waals surface area contributed by atoms with Crippen molar-refractivity contribution in [3.8, 4) is 0 Å². The molecule has 180 valence electrons. The molecule has 1 saturated heterocycles. The van der Waals surface area contributed by atoms with Gasteiger partial charge in [0.25, 0.3) is 5.92 Å². The minimum Gasteiger partial charge on any atom is -0.619 e. The second-order valence-corrected chi connectivity index (χ2v) is 8.82. The Balaban J connectivity index is 1.40. The van der Waals surface area contributed by atoms with Gasteiger partial charge in [-0.1, -0.05) is 17.7 Å². The lowest BCUT2D eigenvalue weighted by atomic mass is 9.87. The number of amides is 1. The highest BCUT2D eigenvalue weighted by atomic mass is 35.5. The van der Waals surface area contributed by atoms with E-state index in [1.807, 2.05) is 0 Å². The molecule has 0 unspecified atom stereocenters. The SMILES string of the molecule is C[C@@H](C(=O)Nc1cn(Cc2ccc(Cl)cc2F)cn1)N1CCC(F)(F)[C@@H](c2cc[n+]([O-])cc2)C1. The molecule has 4 rings (SSSR count). The number of pyridine rings is 1. The van der Waals surface area contributed by atoms with Gasteiger partial charge in [0.15, 0.2) is 18.2 Å². The summed E-state index contributed by atoms with van der Waals surface area (Å²) in [6.45, 7) is 1.86. The van der Waals surface area contributed by atoms with Crippen LogP contribution < -0.4 is 10.0 Å². The predicted octanol–water partition coefficient (Wildman–Crippen LogP) is 3.81. The number of nitrogens with one attached hydrogen (secondary N) is 1. The molecule has 2 atom stereocenters. The van der Waals surface area contributed by atoms with Crippen molar-refractivity contribution < 1.29 is 22.7 Å². The van der Waals surface area contributed by atoms with Gasteiger partial charge in [0.05, 0.1) is 24.8 Å². The van der Waals surface area contributed by atoms with E-state index < -0.39 is 36.0 Å². The lowest BCUT2D eigenvalue weighted by molar-refractivity contribution is -0.605. The first kappa shape index (κ1) is 24.0. The number of imidazole rings is 1. The highest BCUT2D eigenvalue weighted by Crippen LogP contribution is 2.40. The third kappa shape index (κ3) is 5.34. The van der Waals surface area contributed by atoms with E-state index >= 15 is 0 Å². The van der Waals surface area contributed by atoms with E-state index in [9.17, 15) is 23.2 Å². The molecule has 1 N–H and O–H groups in total. The minimum absolute atomic E-state index is 0.0330. The van der Waals surface area contributed by atoms with Crippen LogP contribution in [0.25, 0.3) is 0 Å². The van der Waals surface area contributed by atoms with Crippen LogP contribution in [0.3, 0.4) is 0 Å². The maximum absolute atomic E-state index is 14.6. The summed E-state index contributed by atoms with van der Waals surface area (Å²) in [6.07, 6.45) is 5.00. The standard InChI is InChI=1S/C23H23ClF3N5O2/c1-15(31-9-6-23(26,27)19(12-31)16-4-7-32(34)8-5-16)22(33)29-21-13-30(14-28-21)11-17-2-3-18(24)10-20(17)25/h2-5,7-8,10,13-15,19H,6,9,11-12H2,1H3,(H,29,33)/t15-,19+/m0/s1. The van der Waals surface area contributed by atoms with Crippen LogP contribution in [0, 0.1) is 11.0 Å². The zero-order chi connectivity index (χ0) is 24.5. The molecule has 0 radical (unpaired) electrons. The Labute approximate surface area is 199 Å².